The van der Waals surface area contributed by atoms with Crippen molar-refractivity contribution in [3.05, 3.63) is 60.1 Å². The van der Waals surface area contributed by atoms with E-state index < -0.39 is 41.3 Å². The Morgan fingerprint density at radius 1 is 1.00 bits per heavy atom. The fraction of sp³-hybridized carbons (Fsp3) is 0.409. The topological polar surface area (TPSA) is 104 Å². The number of carbonyl (C=O) groups is 3. The Balaban J connectivity index is 2.30. The van der Waals surface area contributed by atoms with Crippen LogP contribution in [-0.2, 0) is 28.6 Å². The van der Waals surface area contributed by atoms with E-state index in [1.54, 1.807) is 50.2 Å². The fourth-order valence-electron chi connectivity index (χ4n) is 4.12. The summed E-state index contributed by atoms with van der Waals surface area (Å²) in [6.07, 6.45) is 1.42. The van der Waals surface area contributed by atoms with Crippen LogP contribution in [0.25, 0.3) is 0 Å². The van der Waals surface area contributed by atoms with Crippen LogP contribution in [0.2, 0.25) is 0 Å². The van der Waals surface area contributed by atoms with Crippen LogP contribution < -0.4 is 5.32 Å². The minimum Gasteiger partial charge on any atom is -0.469 e. The maximum Gasteiger partial charge on any atom is 0.326 e. The summed E-state index contributed by atoms with van der Waals surface area (Å²) in [5, 5.41) is 3.13. The number of esters is 3. The van der Waals surface area contributed by atoms with Crippen molar-refractivity contribution in [2.24, 2.45) is 5.41 Å². The van der Waals surface area contributed by atoms with Crippen molar-refractivity contribution in [1.82, 2.24) is 5.32 Å². The Bertz CT molecular complexity index is 860. The van der Waals surface area contributed by atoms with Crippen LogP contribution in [-0.4, -0.2) is 44.3 Å². The summed E-state index contributed by atoms with van der Waals surface area (Å²) in [7, 11) is 1.25. The molecule has 0 saturated carbocycles. The number of hydrogen-bond donors (Lipinski definition) is 1. The Morgan fingerprint density at radius 2 is 1.63 bits per heavy atom. The number of benzene rings is 1. The highest BCUT2D eigenvalue weighted by Crippen LogP contribution is 2.55. The molecule has 1 fully saturated rings. The van der Waals surface area contributed by atoms with E-state index in [9.17, 15) is 14.4 Å². The molecule has 2 aromatic rings. The van der Waals surface area contributed by atoms with E-state index in [1.807, 2.05) is 6.07 Å². The first-order valence-corrected chi connectivity index (χ1v) is 9.78. The van der Waals surface area contributed by atoms with Crippen molar-refractivity contribution in [3.63, 3.8) is 0 Å². The van der Waals surface area contributed by atoms with Crippen molar-refractivity contribution in [3.8, 4) is 0 Å². The van der Waals surface area contributed by atoms with Gasteiger partial charge in [0.1, 0.15) is 11.8 Å². The number of furan rings is 1. The van der Waals surface area contributed by atoms with E-state index in [-0.39, 0.29) is 19.0 Å². The number of rotatable bonds is 7. The lowest BCUT2D eigenvalue weighted by Gasteiger charge is -2.34. The number of nitrogens with one attached hydrogen (secondary N) is 1. The smallest absolute Gasteiger partial charge is 0.326 e. The van der Waals surface area contributed by atoms with E-state index >= 15 is 0 Å². The molecule has 0 spiro atoms. The van der Waals surface area contributed by atoms with Crippen LogP contribution in [0.4, 0.5) is 0 Å². The number of hydrogen-bond acceptors (Lipinski definition) is 8. The average Bonchev–Trinajstić information content (AvgIpc) is 3.40. The molecule has 30 heavy (non-hydrogen) atoms. The Kier molecular flexibility index (Phi) is 6.56. The second-order valence-electron chi connectivity index (χ2n) is 6.81. The SMILES string of the molecule is CCOC(=O)C1(C(=O)OCC)[C@@H](c2ccccc2)N[C@@H](C(=O)OC)[C@@H]1c1ccco1. The molecule has 1 saturated heterocycles. The maximum absolute atomic E-state index is 13.5. The fourth-order valence-corrected chi connectivity index (χ4v) is 4.12. The van der Waals surface area contributed by atoms with Crippen molar-refractivity contribution < 1.29 is 33.0 Å². The molecule has 3 rings (SSSR count). The lowest BCUT2D eigenvalue weighted by atomic mass is 9.68. The Hall–Kier alpha value is -3.13. The van der Waals surface area contributed by atoms with E-state index in [1.165, 1.54) is 13.4 Å². The average molecular weight is 415 g/mol. The number of ether oxygens (including phenoxy) is 3. The molecule has 1 aliphatic heterocycles. The minimum absolute atomic E-state index is 0.0509. The van der Waals surface area contributed by atoms with Crippen molar-refractivity contribution in [2.45, 2.75) is 31.8 Å². The van der Waals surface area contributed by atoms with Gasteiger partial charge in [0.2, 0.25) is 0 Å². The third-order valence-electron chi connectivity index (χ3n) is 5.29. The van der Waals surface area contributed by atoms with E-state index in [2.05, 4.69) is 5.32 Å². The van der Waals surface area contributed by atoms with Gasteiger partial charge in [0, 0.05) is 0 Å². The summed E-state index contributed by atoms with van der Waals surface area (Å²) in [5.41, 5.74) is -1.27. The van der Waals surface area contributed by atoms with Crippen LogP contribution >= 0.6 is 0 Å². The molecule has 0 bridgehead atoms. The highest BCUT2D eigenvalue weighted by atomic mass is 16.6. The lowest BCUT2D eigenvalue weighted by Crippen LogP contribution is -2.49. The quantitative estimate of drug-likeness (QED) is 0.418. The first-order chi connectivity index (χ1) is 14.5. The second kappa shape index (κ2) is 9.13. The highest BCUT2D eigenvalue weighted by Gasteiger charge is 2.70. The monoisotopic (exact) mass is 415 g/mol. The van der Waals surface area contributed by atoms with Gasteiger partial charge in [-0.05, 0) is 31.5 Å². The molecule has 160 valence electrons. The predicted molar refractivity (Wildman–Crippen MR) is 105 cm³/mol. The van der Waals surface area contributed by atoms with Crippen LogP contribution in [0.1, 0.15) is 37.1 Å². The van der Waals surface area contributed by atoms with Crippen molar-refractivity contribution >= 4 is 17.9 Å². The molecular weight excluding hydrogens is 390 g/mol. The molecule has 3 atom stereocenters. The lowest BCUT2D eigenvalue weighted by molar-refractivity contribution is -0.175. The standard InChI is InChI=1S/C22H25NO7/c1-4-28-20(25)22(21(26)29-5-2)16(15-12-9-13-30-15)17(19(24)27-3)23-18(22)14-10-7-6-8-11-14/h6-13,16-18,23H,4-5H2,1-3H3/t16-,17+,18+/m0/s1. The molecule has 0 aliphatic carbocycles. The summed E-state index contributed by atoms with van der Waals surface area (Å²) in [6, 6.07) is 10.2. The van der Waals surface area contributed by atoms with Crippen molar-refractivity contribution in [2.75, 3.05) is 20.3 Å². The van der Waals surface area contributed by atoms with Gasteiger partial charge in [-0.3, -0.25) is 19.7 Å². The zero-order valence-corrected chi connectivity index (χ0v) is 17.1. The molecule has 1 aromatic carbocycles. The molecule has 0 radical (unpaired) electrons. The number of methoxy groups -OCH3 is 1. The summed E-state index contributed by atoms with van der Waals surface area (Å²) >= 11 is 0. The summed E-state index contributed by atoms with van der Waals surface area (Å²) in [4.78, 5) is 39.7. The third kappa shape index (κ3) is 3.47. The molecule has 1 aliphatic rings. The molecule has 8 heteroatoms. The van der Waals surface area contributed by atoms with Gasteiger partial charge in [0.05, 0.1) is 38.5 Å². The van der Waals surface area contributed by atoms with E-state index in [0.29, 0.717) is 5.56 Å². The van der Waals surface area contributed by atoms with E-state index in [0.717, 1.165) is 0 Å². The van der Waals surface area contributed by atoms with Gasteiger partial charge in [-0.25, -0.2) is 0 Å². The Morgan fingerprint density at radius 3 is 2.13 bits per heavy atom. The molecule has 0 unspecified atom stereocenters. The summed E-state index contributed by atoms with van der Waals surface area (Å²) in [5.74, 6) is -2.98. The first-order valence-electron chi connectivity index (χ1n) is 9.78. The van der Waals surface area contributed by atoms with Crippen LogP contribution in [0.15, 0.2) is 53.1 Å². The predicted octanol–water partition coefficient (Wildman–Crippen LogP) is 2.36. The van der Waals surface area contributed by atoms with Gasteiger partial charge < -0.3 is 18.6 Å². The largest absolute Gasteiger partial charge is 0.469 e. The van der Waals surface area contributed by atoms with Gasteiger partial charge in [-0.1, -0.05) is 30.3 Å². The Labute approximate surface area is 174 Å². The van der Waals surface area contributed by atoms with Gasteiger partial charge in [-0.15, -0.1) is 0 Å². The zero-order valence-electron chi connectivity index (χ0n) is 17.1. The van der Waals surface area contributed by atoms with Gasteiger partial charge in [0.25, 0.3) is 0 Å². The van der Waals surface area contributed by atoms with Crippen LogP contribution in [0, 0.1) is 5.41 Å². The number of carbonyl (C=O) groups excluding carboxylic acids is 3. The third-order valence-corrected chi connectivity index (χ3v) is 5.29. The van der Waals surface area contributed by atoms with E-state index in [4.69, 9.17) is 18.6 Å². The minimum atomic E-state index is -1.90. The van der Waals surface area contributed by atoms with Gasteiger partial charge >= 0.3 is 17.9 Å². The zero-order chi connectivity index (χ0) is 21.7. The molecule has 0 amide bonds. The first kappa shape index (κ1) is 21.6. The normalized spacial score (nSPS) is 22.3. The molecule has 8 nitrogen and oxygen atoms in total. The van der Waals surface area contributed by atoms with Crippen LogP contribution in [0.5, 0.6) is 0 Å². The van der Waals surface area contributed by atoms with Gasteiger partial charge in [0.15, 0.2) is 5.41 Å². The maximum atomic E-state index is 13.5. The highest BCUT2D eigenvalue weighted by molar-refractivity contribution is 6.04. The molecule has 1 N–H and O–H groups in total. The molecular formula is C22H25NO7. The summed E-state index contributed by atoms with van der Waals surface area (Å²) < 4.78 is 21.3. The van der Waals surface area contributed by atoms with Crippen LogP contribution in [0.3, 0.4) is 0 Å². The molecule has 2 heterocycles. The van der Waals surface area contributed by atoms with Crippen molar-refractivity contribution in [1.29, 1.82) is 0 Å². The second-order valence-corrected chi connectivity index (χ2v) is 6.81. The van der Waals surface area contributed by atoms with Gasteiger partial charge in [-0.2, -0.15) is 0 Å². The summed E-state index contributed by atoms with van der Waals surface area (Å²) in [6.45, 7) is 3.40. The molecule has 1 aromatic heterocycles.